The number of aromatic nitrogens is 1. The van der Waals surface area contributed by atoms with Crippen molar-refractivity contribution in [3.05, 3.63) is 24.0 Å². The van der Waals surface area contributed by atoms with E-state index in [2.05, 4.69) is 15.0 Å². The molecule has 0 radical (unpaired) electrons. The first-order valence-electron chi connectivity index (χ1n) is 5.15. The largest absolute Gasteiger partial charge is 0.316 e. The molecule has 7 heteroatoms. The molecule has 0 saturated heterocycles. The van der Waals surface area contributed by atoms with Crippen LogP contribution in [0.1, 0.15) is 12.5 Å². The van der Waals surface area contributed by atoms with Gasteiger partial charge in [-0.05, 0) is 12.6 Å². The Morgan fingerprint density at radius 2 is 2.18 bits per heavy atom. The van der Waals surface area contributed by atoms with Gasteiger partial charge in [0.1, 0.15) is 11.0 Å². The minimum absolute atomic E-state index is 0.00745. The number of hydrogen-bond donors (Lipinski definition) is 2. The average molecular weight is 254 g/mol. The third kappa shape index (κ3) is 4.11. The van der Waals surface area contributed by atoms with Crippen LogP contribution in [0.2, 0.25) is 0 Å². The molecule has 1 heterocycles. The van der Waals surface area contributed by atoms with E-state index in [0.717, 1.165) is 6.54 Å². The van der Waals surface area contributed by atoms with Crippen LogP contribution in [0.3, 0.4) is 0 Å². The van der Waals surface area contributed by atoms with Gasteiger partial charge in [-0.15, -0.1) is 0 Å². The number of rotatable bonds is 6. The zero-order valence-corrected chi connectivity index (χ0v) is 10.3. The summed E-state index contributed by atoms with van der Waals surface area (Å²) in [6, 6.07) is 3.14. The number of pyridine rings is 1. The summed E-state index contributed by atoms with van der Waals surface area (Å²) in [6.07, 6.45) is 2.54. The van der Waals surface area contributed by atoms with Crippen molar-refractivity contribution >= 4 is 10.0 Å². The number of hydrogen-bond acceptors (Lipinski definition) is 5. The van der Waals surface area contributed by atoms with E-state index < -0.39 is 10.0 Å². The maximum Gasteiger partial charge on any atom is 0.242 e. The predicted octanol–water partition coefficient (Wildman–Crippen LogP) is -0.159. The van der Waals surface area contributed by atoms with Crippen LogP contribution in [-0.4, -0.2) is 33.0 Å². The highest BCUT2D eigenvalue weighted by atomic mass is 32.2. The molecule has 1 aromatic rings. The van der Waals surface area contributed by atoms with Gasteiger partial charge >= 0.3 is 0 Å². The Labute approximate surface area is 101 Å². The molecule has 0 atom stereocenters. The lowest BCUT2D eigenvalue weighted by molar-refractivity contribution is 0.577. The minimum Gasteiger partial charge on any atom is -0.316 e. The first-order chi connectivity index (χ1) is 8.10. The zero-order valence-electron chi connectivity index (χ0n) is 9.47. The van der Waals surface area contributed by atoms with E-state index in [1.54, 1.807) is 0 Å². The standard InChI is InChI=1S/C10H14N4O2S/c1-2-12-3-4-14-17(15,16)10-5-9(6-11)7-13-8-10/h5,7-8,12,14H,2-4H2,1H3. The maximum absolute atomic E-state index is 11.8. The molecule has 1 aromatic heterocycles. The highest BCUT2D eigenvalue weighted by molar-refractivity contribution is 7.89. The fourth-order valence-corrected chi connectivity index (χ4v) is 2.18. The predicted molar refractivity (Wildman–Crippen MR) is 62.7 cm³/mol. The van der Waals surface area contributed by atoms with Crippen molar-refractivity contribution in [1.82, 2.24) is 15.0 Å². The lowest BCUT2D eigenvalue weighted by atomic mass is 10.3. The molecule has 0 aliphatic heterocycles. The topological polar surface area (TPSA) is 94.9 Å². The van der Waals surface area contributed by atoms with E-state index in [1.807, 2.05) is 13.0 Å². The Bertz CT molecular complexity index is 507. The average Bonchev–Trinajstić information content (AvgIpc) is 2.35. The summed E-state index contributed by atoms with van der Waals surface area (Å²) in [7, 11) is -3.58. The van der Waals surface area contributed by atoms with E-state index in [4.69, 9.17) is 5.26 Å². The van der Waals surface area contributed by atoms with Gasteiger partial charge in [-0.25, -0.2) is 13.1 Å². The van der Waals surface area contributed by atoms with E-state index in [9.17, 15) is 8.42 Å². The Morgan fingerprint density at radius 3 is 2.82 bits per heavy atom. The van der Waals surface area contributed by atoms with Crippen molar-refractivity contribution in [2.24, 2.45) is 0 Å². The Hall–Kier alpha value is -1.49. The fourth-order valence-electron chi connectivity index (χ4n) is 1.16. The second kappa shape index (κ2) is 6.30. The van der Waals surface area contributed by atoms with Gasteiger partial charge in [0.2, 0.25) is 10.0 Å². The normalized spacial score (nSPS) is 11.1. The van der Waals surface area contributed by atoms with Gasteiger partial charge in [0.25, 0.3) is 0 Å². The van der Waals surface area contributed by atoms with E-state index >= 15 is 0 Å². The van der Waals surface area contributed by atoms with E-state index in [1.165, 1.54) is 18.5 Å². The van der Waals surface area contributed by atoms with Crippen LogP contribution >= 0.6 is 0 Å². The van der Waals surface area contributed by atoms with Crippen molar-refractivity contribution in [1.29, 1.82) is 5.26 Å². The molecule has 6 nitrogen and oxygen atoms in total. The first-order valence-corrected chi connectivity index (χ1v) is 6.64. The van der Waals surface area contributed by atoms with E-state index in [0.29, 0.717) is 13.1 Å². The van der Waals surface area contributed by atoms with Crippen molar-refractivity contribution < 1.29 is 8.42 Å². The van der Waals surface area contributed by atoms with Crippen LogP contribution < -0.4 is 10.0 Å². The summed E-state index contributed by atoms with van der Waals surface area (Å²) >= 11 is 0. The first kappa shape index (κ1) is 13.6. The number of nitrogens with one attached hydrogen (secondary N) is 2. The Kier molecular flexibility index (Phi) is 5.03. The van der Waals surface area contributed by atoms with Crippen LogP contribution in [0.5, 0.6) is 0 Å². The lowest BCUT2D eigenvalue weighted by Crippen LogP contribution is -2.31. The van der Waals surface area contributed by atoms with Crippen LogP contribution in [0.4, 0.5) is 0 Å². The van der Waals surface area contributed by atoms with Gasteiger partial charge in [-0.3, -0.25) is 4.98 Å². The molecule has 0 spiro atoms. The van der Waals surface area contributed by atoms with Crippen molar-refractivity contribution in [2.75, 3.05) is 19.6 Å². The van der Waals surface area contributed by atoms with Gasteiger partial charge in [0.15, 0.2) is 0 Å². The van der Waals surface area contributed by atoms with Crippen LogP contribution in [0.15, 0.2) is 23.4 Å². The van der Waals surface area contributed by atoms with Crippen molar-refractivity contribution in [3.63, 3.8) is 0 Å². The molecule has 0 fully saturated rings. The van der Waals surface area contributed by atoms with Crippen LogP contribution in [0.25, 0.3) is 0 Å². The van der Waals surface area contributed by atoms with Gasteiger partial charge in [0, 0.05) is 25.5 Å². The molecular formula is C10H14N4O2S. The van der Waals surface area contributed by atoms with Crippen molar-refractivity contribution in [2.45, 2.75) is 11.8 Å². The monoisotopic (exact) mass is 254 g/mol. The third-order valence-corrected chi connectivity index (χ3v) is 3.42. The summed E-state index contributed by atoms with van der Waals surface area (Å²) in [6.45, 7) is 3.58. The summed E-state index contributed by atoms with van der Waals surface area (Å²) in [5.41, 5.74) is 0.222. The Morgan fingerprint density at radius 1 is 1.41 bits per heavy atom. The van der Waals surface area contributed by atoms with Gasteiger partial charge < -0.3 is 5.32 Å². The molecule has 0 aliphatic rings. The zero-order chi connectivity index (χ0) is 12.7. The SMILES string of the molecule is CCNCCNS(=O)(=O)c1cncc(C#N)c1. The molecule has 0 unspecified atom stereocenters. The third-order valence-electron chi connectivity index (χ3n) is 2.00. The van der Waals surface area contributed by atoms with E-state index in [-0.39, 0.29) is 10.5 Å². The van der Waals surface area contributed by atoms with Gasteiger partial charge in [-0.2, -0.15) is 5.26 Å². The molecule has 0 aliphatic carbocycles. The summed E-state index contributed by atoms with van der Waals surface area (Å²) in [5, 5.41) is 11.7. The van der Waals surface area contributed by atoms with Crippen molar-refractivity contribution in [3.8, 4) is 6.07 Å². The quantitative estimate of drug-likeness (QED) is 0.688. The maximum atomic E-state index is 11.8. The smallest absolute Gasteiger partial charge is 0.242 e. The summed E-state index contributed by atoms with van der Waals surface area (Å²) in [4.78, 5) is 3.72. The fraction of sp³-hybridized carbons (Fsp3) is 0.400. The van der Waals surface area contributed by atoms with Crippen LogP contribution in [0, 0.1) is 11.3 Å². The molecular weight excluding hydrogens is 240 g/mol. The molecule has 0 aromatic carbocycles. The minimum atomic E-state index is -3.58. The molecule has 0 bridgehead atoms. The Balaban J connectivity index is 2.73. The molecule has 92 valence electrons. The highest BCUT2D eigenvalue weighted by Gasteiger charge is 2.13. The molecule has 1 rings (SSSR count). The summed E-state index contributed by atoms with van der Waals surface area (Å²) in [5.74, 6) is 0. The second-order valence-electron chi connectivity index (χ2n) is 3.27. The second-order valence-corrected chi connectivity index (χ2v) is 5.04. The summed E-state index contributed by atoms with van der Waals surface area (Å²) < 4.78 is 26.0. The number of likely N-dealkylation sites (N-methyl/N-ethyl adjacent to an activating group) is 1. The number of nitriles is 1. The molecule has 0 amide bonds. The van der Waals surface area contributed by atoms with Gasteiger partial charge in [0.05, 0.1) is 5.56 Å². The number of sulfonamides is 1. The number of nitrogens with zero attached hydrogens (tertiary/aromatic N) is 2. The van der Waals surface area contributed by atoms with Gasteiger partial charge in [-0.1, -0.05) is 6.92 Å². The molecule has 2 N–H and O–H groups in total. The molecule has 0 saturated carbocycles. The highest BCUT2D eigenvalue weighted by Crippen LogP contribution is 2.08. The lowest BCUT2D eigenvalue weighted by Gasteiger charge is -2.06. The van der Waals surface area contributed by atoms with Crippen LogP contribution in [-0.2, 0) is 10.0 Å². The molecule has 17 heavy (non-hydrogen) atoms.